The van der Waals surface area contributed by atoms with Crippen LogP contribution < -0.4 is 10.1 Å². The molecule has 0 aromatic heterocycles. The summed E-state index contributed by atoms with van der Waals surface area (Å²) in [4.78, 5) is 37.5. The van der Waals surface area contributed by atoms with Crippen molar-refractivity contribution < 1.29 is 24.2 Å². The van der Waals surface area contributed by atoms with Crippen LogP contribution >= 0.6 is 0 Å². The largest absolute Gasteiger partial charge is 0.493 e. The van der Waals surface area contributed by atoms with Gasteiger partial charge in [-0.15, -0.1) is 0 Å². The highest BCUT2D eigenvalue weighted by Gasteiger charge is 2.45. The van der Waals surface area contributed by atoms with E-state index in [2.05, 4.69) is 5.32 Å². The number of amides is 2. The van der Waals surface area contributed by atoms with E-state index in [9.17, 15) is 19.5 Å². The number of hydrogen-bond acceptors (Lipinski definition) is 4. The van der Waals surface area contributed by atoms with Crippen LogP contribution in [-0.4, -0.2) is 53.0 Å². The fourth-order valence-corrected chi connectivity index (χ4v) is 3.19. The molecule has 7 nitrogen and oxygen atoms in total. The summed E-state index contributed by atoms with van der Waals surface area (Å²) in [6.45, 7) is 4.71. The molecule has 1 fully saturated rings. The monoisotopic (exact) mass is 362 g/mol. The highest BCUT2D eigenvalue weighted by molar-refractivity contribution is 5.96. The number of nitrogens with one attached hydrogen (secondary N) is 1. The van der Waals surface area contributed by atoms with Crippen molar-refractivity contribution in [2.24, 2.45) is 0 Å². The molecule has 1 saturated heterocycles. The molecule has 2 N–H and O–H groups in total. The van der Waals surface area contributed by atoms with E-state index in [1.807, 2.05) is 6.92 Å². The van der Waals surface area contributed by atoms with Gasteiger partial charge in [-0.25, -0.2) is 4.79 Å². The smallest absolute Gasteiger partial charge is 0.329 e. The molecule has 1 aliphatic heterocycles. The molecule has 0 radical (unpaired) electrons. The lowest BCUT2D eigenvalue weighted by molar-refractivity contribution is -0.155. The van der Waals surface area contributed by atoms with Gasteiger partial charge in [-0.3, -0.25) is 9.59 Å². The molecule has 1 unspecified atom stereocenters. The standard InChI is InChI=1S/C19H26N2O5/c1-3-26-15-9-5-4-8-14(15)17(23)20-12-6-10-16(22)21-13-7-11-19(21,2)18(24)25/h4-5,8-9H,3,6-7,10-13H2,1-2H3,(H,20,23)(H,24,25). The lowest BCUT2D eigenvalue weighted by Gasteiger charge is -2.31. The second kappa shape index (κ2) is 8.69. The third-order valence-electron chi connectivity index (χ3n) is 4.69. The minimum absolute atomic E-state index is 0.184. The molecule has 0 saturated carbocycles. The number of carboxylic acids is 1. The van der Waals surface area contributed by atoms with Gasteiger partial charge in [0.1, 0.15) is 11.3 Å². The molecule has 26 heavy (non-hydrogen) atoms. The Morgan fingerprint density at radius 2 is 2.04 bits per heavy atom. The Hall–Kier alpha value is -2.57. The second-order valence-corrected chi connectivity index (χ2v) is 6.52. The molecule has 0 spiro atoms. The Labute approximate surface area is 153 Å². The van der Waals surface area contributed by atoms with Gasteiger partial charge in [0, 0.05) is 19.5 Å². The van der Waals surface area contributed by atoms with Crippen LogP contribution in [0.4, 0.5) is 0 Å². The summed E-state index contributed by atoms with van der Waals surface area (Å²) in [5.74, 6) is -0.878. The number of carboxylic acid groups (broad SMARTS) is 1. The van der Waals surface area contributed by atoms with E-state index in [4.69, 9.17) is 4.74 Å². The van der Waals surface area contributed by atoms with Crippen LogP contribution in [-0.2, 0) is 9.59 Å². The summed E-state index contributed by atoms with van der Waals surface area (Å²) in [7, 11) is 0. The molecule has 0 aliphatic carbocycles. The Morgan fingerprint density at radius 3 is 2.73 bits per heavy atom. The summed E-state index contributed by atoms with van der Waals surface area (Å²) in [6.07, 6.45) is 1.82. The summed E-state index contributed by atoms with van der Waals surface area (Å²) >= 11 is 0. The zero-order valence-corrected chi connectivity index (χ0v) is 15.3. The number of nitrogens with zero attached hydrogens (tertiary/aromatic N) is 1. The predicted molar refractivity (Wildman–Crippen MR) is 96.2 cm³/mol. The van der Waals surface area contributed by atoms with Crippen LogP contribution in [0.1, 0.15) is 49.9 Å². The number of para-hydroxylation sites is 1. The van der Waals surface area contributed by atoms with Crippen LogP contribution in [0, 0.1) is 0 Å². The number of carbonyl (C=O) groups excluding carboxylic acids is 2. The summed E-state index contributed by atoms with van der Waals surface area (Å²) < 4.78 is 5.44. The van der Waals surface area contributed by atoms with E-state index in [0.717, 1.165) is 0 Å². The predicted octanol–water partition coefficient (Wildman–Crippen LogP) is 2.06. The number of ether oxygens (including phenoxy) is 1. The molecule has 1 heterocycles. The fourth-order valence-electron chi connectivity index (χ4n) is 3.19. The van der Waals surface area contributed by atoms with E-state index in [0.29, 0.717) is 50.3 Å². The van der Waals surface area contributed by atoms with Crippen molar-refractivity contribution in [2.75, 3.05) is 19.7 Å². The molecule has 7 heteroatoms. The van der Waals surface area contributed by atoms with Crippen molar-refractivity contribution in [3.05, 3.63) is 29.8 Å². The molecule has 1 aliphatic rings. The molecular weight excluding hydrogens is 336 g/mol. The minimum atomic E-state index is -1.11. The Bertz CT molecular complexity index is 676. The first-order chi connectivity index (χ1) is 12.4. The Morgan fingerprint density at radius 1 is 1.31 bits per heavy atom. The van der Waals surface area contributed by atoms with Crippen molar-refractivity contribution in [2.45, 2.75) is 45.1 Å². The SMILES string of the molecule is CCOc1ccccc1C(=O)NCCCC(=O)N1CCCC1(C)C(=O)O. The van der Waals surface area contributed by atoms with Gasteiger partial charge in [0.25, 0.3) is 5.91 Å². The van der Waals surface area contributed by atoms with Gasteiger partial charge in [0.15, 0.2) is 0 Å². The third kappa shape index (κ3) is 4.33. The van der Waals surface area contributed by atoms with Crippen LogP contribution in [0.3, 0.4) is 0 Å². The lowest BCUT2D eigenvalue weighted by atomic mass is 9.99. The van der Waals surface area contributed by atoms with Gasteiger partial charge >= 0.3 is 5.97 Å². The maximum Gasteiger partial charge on any atom is 0.329 e. The van der Waals surface area contributed by atoms with E-state index in [-0.39, 0.29) is 18.2 Å². The van der Waals surface area contributed by atoms with Crippen molar-refractivity contribution >= 4 is 17.8 Å². The van der Waals surface area contributed by atoms with Crippen molar-refractivity contribution in [3.63, 3.8) is 0 Å². The van der Waals surface area contributed by atoms with Crippen molar-refractivity contribution in [3.8, 4) is 5.75 Å². The number of hydrogen-bond donors (Lipinski definition) is 2. The quantitative estimate of drug-likeness (QED) is 0.690. The van der Waals surface area contributed by atoms with E-state index in [1.54, 1.807) is 31.2 Å². The van der Waals surface area contributed by atoms with Crippen LogP contribution in [0.25, 0.3) is 0 Å². The van der Waals surface area contributed by atoms with Crippen molar-refractivity contribution in [1.29, 1.82) is 0 Å². The number of rotatable bonds is 8. The zero-order valence-electron chi connectivity index (χ0n) is 15.3. The van der Waals surface area contributed by atoms with Gasteiger partial charge in [-0.05, 0) is 45.2 Å². The topological polar surface area (TPSA) is 95.9 Å². The normalized spacial score (nSPS) is 19.2. The molecule has 1 atom stereocenters. The van der Waals surface area contributed by atoms with Crippen LogP contribution in [0.5, 0.6) is 5.75 Å². The first-order valence-corrected chi connectivity index (χ1v) is 8.94. The van der Waals surface area contributed by atoms with Gasteiger partial charge in [-0.2, -0.15) is 0 Å². The first kappa shape index (κ1) is 19.8. The summed E-state index contributed by atoms with van der Waals surface area (Å²) in [6, 6.07) is 6.99. The molecule has 1 aromatic rings. The minimum Gasteiger partial charge on any atom is -0.493 e. The maximum atomic E-state index is 12.3. The molecule has 2 amide bonds. The molecular formula is C19H26N2O5. The van der Waals surface area contributed by atoms with E-state index >= 15 is 0 Å². The lowest BCUT2D eigenvalue weighted by Crippen LogP contribution is -2.50. The Kier molecular flexibility index (Phi) is 6.60. The van der Waals surface area contributed by atoms with E-state index < -0.39 is 11.5 Å². The average molecular weight is 362 g/mol. The van der Waals surface area contributed by atoms with Gasteiger partial charge in [0.2, 0.25) is 5.91 Å². The number of aliphatic carboxylic acids is 1. The number of likely N-dealkylation sites (tertiary alicyclic amines) is 1. The van der Waals surface area contributed by atoms with Gasteiger partial charge in [0.05, 0.1) is 12.2 Å². The van der Waals surface area contributed by atoms with Gasteiger partial charge < -0.3 is 20.1 Å². The third-order valence-corrected chi connectivity index (χ3v) is 4.69. The fraction of sp³-hybridized carbons (Fsp3) is 0.526. The average Bonchev–Trinajstić information content (AvgIpc) is 3.02. The van der Waals surface area contributed by atoms with E-state index in [1.165, 1.54) is 4.90 Å². The van der Waals surface area contributed by atoms with Crippen LogP contribution in [0.2, 0.25) is 0 Å². The summed E-state index contributed by atoms with van der Waals surface area (Å²) in [5, 5.41) is 12.2. The summed E-state index contributed by atoms with van der Waals surface area (Å²) in [5.41, 5.74) is -0.657. The second-order valence-electron chi connectivity index (χ2n) is 6.52. The number of benzene rings is 1. The van der Waals surface area contributed by atoms with Gasteiger partial charge in [-0.1, -0.05) is 12.1 Å². The highest BCUT2D eigenvalue weighted by atomic mass is 16.5. The highest BCUT2D eigenvalue weighted by Crippen LogP contribution is 2.30. The molecule has 0 bridgehead atoms. The zero-order chi connectivity index (χ0) is 19.2. The van der Waals surface area contributed by atoms with Crippen LogP contribution in [0.15, 0.2) is 24.3 Å². The molecule has 142 valence electrons. The van der Waals surface area contributed by atoms with Crippen molar-refractivity contribution in [1.82, 2.24) is 10.2 Å². The molecule has 1 aromatic carbocycles. The maximum absolute atomic E-state index is 12.3. The number of carbonyl (C=O) groups is 3. The Balaban J connectivity index is 1.83. The molecule has 2 rings (SSSR count). The first-order valence-electron chi connectivity index (χ1n) is 8.94.